The molecule has 0 saturated carbocycles. The van der Waals surface area contributed by atoms with Crippen molar-refractivity contribution < 1.29 is 27.7 Å². The highest BCUT2D eigenvalue weighted by atomic mass is 32.2. The van der Waals surface area contributed by atoms with E-state index in [1.54, 1.807) is 35.5 Å². The Labute approximate surface area is 199 Å². The van der Waals surface area contributed by atoms with Crippen molar-refractivity contribution in [3.05, 3.63) is 47.5 Å². The van der Waals surface area contributed by atoms with Crippen molar-refractivity contribution in [1.29, 1.82) is 0 Å². The van der Waals surface area contributed by atoms with E-state index < -0.39 is 10.0 Å². The first kappa shape index (κ1) is 24.0. The Kier molecular flexibility index (Phi) is 7.35. The predicted octanol–water partition coefficient (Wildman–Crippen LogP) is 1.92. The minimum Gasteiger partial charge on any atom is -0.504 e. The fourth-order valence-corrected chi connectivity index (χ4v) is 5.02. The molecule has 0 unspecified atom stereocenters. The van der Waals surface area contributed by atoms with Gasteiger partial charge in [-0.2, -0.15) is 13.5 Å². The number of methoxy groups -OCH3 is 2. The van der Waals surface area contributed by atoms with Crippen molar-refractivity contribution in [2.45, 2.75) is 11.3 Å². The molecule has 182 valence electrons. The summed E-state index contributed by atoms with van der Waals surface area (Å²) in [6, 6.07) is 9.61. The molecule has 2 aliphatic rings. The van der Waals surface area contributed by atoms with Crippen LogP contribution >= 0.6 is 0 Å². The minimum absolute atomic E-state index is 0.0225. The molecule has 2 aliphatic heterocycles. The van der Waals surface area contributed by atoms with Gasteiger partial charge in [0.25, 0.3) is 10.0 Å². The Morgan fingerprint density at radius 3 is 2.71 bits per heavy atom. The van der Waals surface area contributed by atoms with E-state index in [2.05, 4.69) is 14.4 Å². The zero-order chi connectivity index (χ0) is 24.1. The van der Waals surface area contributed by atoms with Crippen molar-refractivity contribution in [2.24, 2.45) is 9.50 Å². The van der Waals surface area contributed by atoms with E-state index in [4.69, 9.17) is 14.2 Å². The average molecular weight is 489 g/mol. The van der Waals surface area contributed by atoms with Crippen molar-refractivity contribution in [3.8, 4) is 17.2 Å². The van der Waals surface area contributed by atoms with Crippen LogP contribution in [0.25, 0.3) is 0 Å². The van der Waals surface area contributed by atoms with Gasteiger partial charge in [0.05, 0.1) is 33.6 Å². The van der Waals surface area contributed by atoms with Gasteiger partial charge in [-0.15, -0.1) is 4.40 Å². The summed E-state index contributed by atoms with van der Waals surface area (Å²) in [6.07, 6.45) is 2.33. The standard InChI is InChI=1S/C23H28N4O6S/c1-31-18-5-7-22-19(15-18)23(25-34(22,29)30)27(9-3-8-26-10-12-33-13-11-26)24-16-17-4-6-20(28)21(14-17)32-2/h4-7,14-16,28H,3,8-13H2,1-2H3. The number of fused-ring (bicyclic) bond motifs is 1. The van der Waals surface area contributed by atoms with Crippen LogP contribution in [0.2, 0.25) is 0 Å². The summed E-state index contributed by atoms with van der Waals surface area (Å²) < 4.78 is 45.3. The first-order valence-electron chi connectivity index (χ1n) is 10.9. The second-order valence-corrected chi connectivity index (χ2v) is 9.43. The molecule has 4 rings (SSSR count). The molecule has 0 aliphatic carbocycles. The van der Waals surface area contributed by atoms with Gasteiger partial charge in [0.2, 0.25) is 0 Å². The lowest BCUT2D eigenvalue weighted by Gasteiger charge is -2.27. The van der Waals surface area contributed by atoms with E-state index in [0.717, 1.165) is 26.1 Å². The lowest BCUT2D eigenvalue weighted by molar-refractivity contribution is 0.0368. The zero-order valence-electron chi connectivity index (χ0n) is 19.2. The number of sulfonamides is 1. The van der Waals surface area contributed by atoms with Crippen LogP contribution < -0.4 is 9.47 Å². The Bertz CT molecular complexity index is 1190. The molecule has 1 fully saturated rings. The van der Waals surface area contributed by atoms with Crippen LogP contribution in [0.1, 0.15) is 17.5 Å². The molecule has 34 heavy (non-hydrogen) atoms. The van der Waals surface area contributed by atoms with E-state index in [1.165, 1.54) is 26.4 Å². The van der Waals surface area contributed by atoms with E-state index >= 15 is 0 Å². The molecule has 0 atom stereocenters. The van der Waals surface area contributed by atoms with Crippen LogP contribution in [-0.4, -0.2) is 89.1 Å². The van der Waals surface area contributed by atoms with E-state index in [1.807, 2.05) is 0 Å². The highest BCUT2D eigenvalue weighted by Gasteiger charge is 2.32. The molecule has 0 aromatic heterocycles. The van der Waals surface area contributed by atoms with Gasteiger partial charge in [0.15, 0.2) is 17.3 Å². The van der Waals surface area contributed by atoms with Crippen molar-refractivity contribution in [1.82, 2.24) is 9.91 Å². The highest BCUT2D eigenvalue weighted by Crippen LogP contribution is 2.31. The van der Waals surface area contributed by atoms with Crippen LogP contribution in [0, 0.1) is 0 Å². The summed E-state index contributed by atoms with van der Waals surface area (Å²) in [7, 11) is -0.838. The summed E-state index contributed by atoms with van der Waals surface area (Å²) in [6.45, 7) is 4.44. The van der Waals surface area contributed by atoms with Crippen LogP contribution in [0.3, 0.4) is 0 Å². The third-order valence-corrected chi connectivity index (χ3v) is 6.98. The summed E-state index contributed by atoms with van der Waals surface area (Å²) >= 11 is 0. The normalized spacial score (nSPS) is 17.4. The van der Waals surface area contributed by atoms with Crippen LogP contribution in [0.5, 0.6) is 17.2 Å². The summed E-state index contributed by atoms with van der Waals surface area (Å²) in [5.41, 5.74) is 1.13. The maximum absolute atomic E-state index is 12.7. The number of hydrogen-bond donors (Lipinski definition) is 1. The number of benzene rings is 2. The van der Waals surface area contributed by atoms with Gasteiger partial charge >= 0.3 is 0 Å². The van der Waals surface area contributed by atoms with Crippen LogP contribution in [0.4, 0.5) is 0 Å². The van der Waals surface area contributed by atoms with E-state index in [9.17, 15) is 13.5 Å². The molecular weight excluding hydrogens is 460 g/mol. The van der Waals surface area contributed by atoms with Gasteiger partial charge in [-0.25, -0.2) is 5.01 Å². The van der Waals surface area contributed by atoms with Gasteiger partial charge in [0, 0.05) is 31.7 Å². The number of nitrogens with zero attached hydrogens (tertiary/aromatic N) is 4. The van der Waals surface area contributed by atoms with Gasteiger partial charge < -0.3 is 19.3 Å². The summed E-state index contributed by atoms with van der Waals surface area (Å²) in [5, 5.41) is 16.0. The number of aromatic hydroxyl groups is 1. The maximum atomic E-state index is 12.7. The van der Waals surface area contributed by atoms with Crippen molar-refractivity contribution >= 4 is 22.1 Å². The molecule has 0 radical (unpaired) electrons. The molecule has 2 aromatic carbocycles. The molecule has 11 heteroatoms. The highest BCUT2D eigenvalue weighted by molar-refractivity contribution is 7.90. The Morgan fingerprint density at radius 2 is 1.97 bits per heavy atom. The molecule has 0 spiro atoms. The zero-order valence-corrected chi connectivity index (χ0v) is 20.0. The first-order chi connectivity index (χ1) is 16.4. The van der Waals surface area contributed by atoms with Crippen molar-refractivity contribution in [3.63, 3.8) is 0 Å². The molecule has 1 saturated heterocycles. The number of hydrogen-bond acceptors (Lipinski definition) is 9. The largest absolute Gasteiger partial charge is 0.504 e. The smallest absolute Gasteiger partial charge is 0.285 e. The fourth-order valence-electron chi connectivity index (χ4n) is 3.83. The van der Waals surface area contributed by atoms with Crippen LogP contribution in [-0.2, 0) is 14.8 Å². The number of phenolic OH excluding ortho intramolecular Hbond substituents is 1. The lowest BCUT2D eigenvalue weighted by Crippen LogP contribution is -2.38. The molecule has 10 nitrogen and oxygen atoms in total. The Hall–Kier alpha value is -3.15. The van der Waals surface area contributed by atoms with Gasteiger partial charge in [-0.05, 0) is 48.4 Å². The SMILES string of the molecule is COc1ccc2c(c1)C(N(CCCN1CCOCC1)N=Cc1ccc(O)c(OC)c1)=NS2(=O)=O. The topological polar surface area (TPSA) is 113 Å². The van der Waals surface area contributed by atoms with Crippen molar-refractivity contribution in [2.75, 3.05) is 53.6 Å². The number of rotatable bonds is 8. The summed E-state index contributed by atoms with van der Waals surface area (Å²) in [4.78, 5) is 2.43. The second-order valence-electron chi connectivity index (χ2n) is 7.86. The third kappa shape index (κ3) is 5.32. The van der Waals surface area contributed by atoms with E-state index in [0.29, 0.717) is 42.4 Å². The Balaban J connectivity index is 1.62. The van der Waals surface area contributed by atoms with E-state index in [-0.39, 0.29) is 16.5 Å². The molecule has 2 heterocycles. The number of morpholine rings is 1. The number of phenols is 1. The lowest BCUT2D eigenvalue weighted by atomic mass is 10.2. The Morgan fingerprint density at radius 1 is 1.18 bits per heavy atom. The molecule has 0 amide bonds. The fraction of sp³-hybridized carbons (Fsp3) is 0.391. The van der Waals surface area contributed by atoms with Crippen LogP contribution in [0.15, 0.2) is 50.8 Å². The molecule has 0 bridgehead atoms. The quantitative estimate of drug-likeness (QED) is 0.443. The number of amidine groups is 1. The first-order valence-corrected chi connectivity index (χ1v) is 12.4. The minimum atomic E-state index is -3.83. The average Bonchev–Trinajstić information content (AvgIpc) is 3.12. The molecule has 2 aromatic rings. The predicted molar refractivity (Wildman–Crippen MR) is 128 cm³/mol. The van der Waals surface area contributed by atoms with Gasteiger partial charge in [-0.1, -0.05) is 0 Å². The second kappa shape index (κ2) is 10.4. The summed E-state index contributed by atoms with van der Waals surface area (Å²) in [5.74, 6) is 1.12. The molecule has 1 N–H and O–H groups in total. The molecular formula is C23H28N4O6S. The number of hydrazone groups is 1. The maximum Gasteiger partial charge on any atom is 0.285 e. The third-order valence-electron chi connectivity index (χ3n) is 5.65. The monoisotopic (exact) mass is 488 g/mol. The number of ether oxygens (including phenoxy) is 3. The van der Waals surface area contributed by atoms with Gasteiger partial charge in [-0.3, -0.25) is 4.90 Å². The van der Waals surface area contributed by atoms with Gasteiger partial charge in [0.1, 0.15) is 10.6 Å².